The Morgan fingerprint density at radius 1 is 0.444 bits per heavy atom. The average Bonchev–Trinajstić information content (AvgIpc) is 3.56. The Labute approximate surface area is 327 Å². The Morgan fingerprint density at radius 2 is 0.907 bits per heavy atom. The van der Waals surface area contributed by atoms with Crippen molar-refractivity contribution in [3.8, 4) is 73.3 Å². The molecule has 0 atom stereocenters. The maximum absolute atomic E-state index is 12.6. The van der Waals surface area contributed by atoms with Crippen LogP contribution in [0.25, 0.3) is 78.4 Å². The molecule has 2 aliphatic rings. The van der Waals surface area contributed by atoms with Crippen LogP contribution in [-0.2, 0) is 10.8 Å². The molecular weight excluding hydrogens is 655 g/mol. The third-order valence-corrected chi connectivity index (χ3v) is 11.5. The Morgan fingerprint density at radius 3 is 1.46 bits per heavy atom. The standard InChI is InChI=1S/C48H36N4O.Li/c1-47(2)38-24-30(32-21-22-42(53)43-35(32)16-11-23-49-43)17-19-33(38)36-26-41-37(27-40(36)47)34-20-18-31(25-39(34)48(41,3)4)46-51-44(28-12-7-5-8-13-28)50-45(52-46)29-14-9-6-10-15-29;/h5-27,53H,1-4H3;/q;+1. The van der Waals surface area contributed by atoms with Gasteiger partial charge in [-0.15, -0.1) is 0 Å². The van der Waals surface area contributed by atoms with Gasteiger partial charge in [-0.25, -0.2) is 19.9 Å². The van der Waals surface area contributed by atoms with Gasteiger partial charge in [0.05, 0.1) is 5.39 Å². The average molecular weight is 692 g/mol. The second kappa shape index (κ2) is 12.3. The van der Waals surface area contributed by atoms with Gasteiger partial charge in [-0.3, -0.25) is 0 Å². The summed E-state index contributed by atoms with van der Waals surface area (Å²) >= 11 is 0. The summed E-state index contributed by atoms with van der Waals surface area (Å²) in [7, 11) is 0. The first kappa shape index (κ1) is 33.9. The second-order valence-corrected chi connectivity index (χ2v) is 15.3. The number of aromatic amines is 1. The van der Waals surface area contributed by atoms with Gasteiger partial charge < -0.3 is 5.11 Å². The van der Waals surface area contributed by atoms with Gasteiger partial charge in [-0.2, -0.15) is 0 Å². The van der Waals surface area contributed by atoms with E-state index in [0.717, 1.165) is 33.2 Å². The van der Waals surface area contributed by atoms with Crippen LogP contribution in [0.15, 0.2) is 140 Å². The van der Waals surface area contributed by atoms with Gasteiger partial charge in [0.1, 0.15) is 0 Å². The van der Waals surface area contributed by atoms with Crippen LogP contribution in [0.3, 0.4) is 0 Å². The van der Waals surface area contributed by atoms with Gasteiger partial charge in [0.15, 0.2) is 23.7 Å². The van der Waals surface area contributed by atoms with E-state index in [4.69, 9.17) is 15.0 Å². The van der Waals surface area contributed by atoms with E-state index in [1.165, 1.54) is 44.5 Å². The SMILES string of the molecule is CC1(C)c2cc(-c3nc(-c4ccccc4)nc(-c4ccccc4)n3)ccc2-c2cc3c(cc21)-c1ccc(-c2ccc([O-])c4[nH+]cccc24)cc1C3(C)C.[Li+]. The molecule has 0 fully saturated rings. The van der Waals surface area contributed by atoms with Gasteiger partial charge in [0.25, 0.3) is 0 Å². The normalized spacial score (nSPS) is 14.1. The number of hydrogen-bond acceptors (Lipinski definition) is 4. The van der Waals surface area contributed by atoms with Crippen LogP contribution in [0.2, 0.25) is 0 Å². The third kappa shape index (κ3) is 5.07. The van der Waals surface area contributed by atoms with Crippen molar-refractivity contribution < 1.29 is 29.0 Å². The fraction of sp³-hybridized carbons (Fsp3) is 0.125. The van der Waals surface area contributed by atoms with E-state index in [1.54, 1.807) is 6.07 Å². The van der Waals surface area contributed by atoms with Crippen LogP contribution >= 0.6 is 0 Å². The molecule has 0 saturated heterocycles. The molecule has 0 amide bonds. The maximum atomic E-state index is 12.6. The number of pyridine rings is 1. The van der Waals surface area contributed by atoms with Crippen molar-refractivity contribution >= 4 is 10.9 Å². The molecule has 0 saturated carbocycles. The first-order valence-electron chi connectivity index (χ1n) is 18.2. The molecule has 6 aromatic carbocycles. The van der Waals surface area contributed by atoms with E-state index < -0.39 is 0 Å². The second-order valence-electron chi connectivity index (χ2n) is 15.3. The molecular formula is C48H36LiN4O+. The number of benzene rings is 6. The molecule has 0 unspecified atom stereocenters. The van der Waals surface area contributed by atoms with Gasteiger partial charge in [-0.1, -0.05) is 125 Å². The number of aromatic nitrogens is 4. The van der Waals surface area contributed by atoms with Gasteiger partial charge in [0.2, 0.25) is 5.52 Å². The van der Waals surface area contributed by atoms with E-state index in [-0.39, 0.29) is 35.4 Å². The molecule has 8 aromatic rings. The molecule has 254 valence electrons. The zero-order chi connectivity index (χ0) is 36.1. The summed E-state index contributed by atoms with van der Waals surface area (Å²) in [6.45, 7) is 9.33. The summed E-state index contributed by atoms with van der Waals surface area (Å²) in [6.07, 6.45) is 1.81. The van der Waals surface area contributed by atoms with Gasteiger partial charge >= 0.3 is 18.9 Å². The molecule has 54 heavy (non-hydrogen) atoms. The van der Waals surface area contributed by atoms with Crippen molar-refractivity contribution in [2.75, 3.05) is 0 Å². The number of nitrogens with one attached hydrogen (secondary N) is 1. The monoisotopic (exact) mass is 691 g/mol. The van der Waals surface area contributed by atoms with Crippen LogP contribution in [0.1, 0.15) is 49.9 Å². The van der Waals surface area contributed by atoms with E-state index in [2.05, 4.69) is 81.2 Å². The van der Waals surface area contributed by atoms with Crippen LogP contribution < -0.4 is 29.0 Å². The molecule has 0 aliphatic heterocycles. The van der Waals surface area contributed by atoms with E-state index >= 15 is 0 Å². The maximum Gasteiger partial charge on any atom is 1.00 e. The van der Waals surface area contributed by atoms with Crippen molar-refractivity contribution in [1.29, 1.82) is 0 Å². The van der Waals surface area contributed by atoms with Crippen LogP contribution in [0, 0.1) is 0 Å². The molecule has 0 radical (unpaired) electrons. The molecule has 0 bridgehead atoms. The quantitative estimate of drug-likeness (QED) is 0.183. The smallest absolute Gasteiger partial charge is 0.868 e. The Bertz CT molecular complexity index is 2740. The van der Waals surface area contributed by atoms with Crippen LogP contribution in [0.5, 0.6) is 5.75 Å². The summed E-state index contributed by atoms with van der Waals surface area (Å²) in [4.78, 5) is 18.1. The van der Waals surface area contributed by atoms with E-state index in [1.807, 2.05) is 85.1 Å². The molecule has 2 aliphatic carbocycles. The Balaban J connectivity index is 0.00000384. The largest absolute Gasteiger partial charge is 1.00 e. The third-order valence-electron chi connectivity index (χ3n) is 11.5. The minimum absolute atomic E-state index is 0. The van der Waals surface area contributed by atoms with Crippen molar-refractivity contribution in [3.63, 3.8) is 0 Å². The summed E-state index contributed by atoms with van der Waals surface area (Å²) < 4.78 is 0. The first-order valence-corrected chi connectivity index (χ1v) is 18.2. The van der Waals surface area contributed by atoms with Crippen LogP contribution in [0.4, 0.5) is 0 Å². The fourth-order valence-electron chi connectivity index (χ4n) is 8.66. The molecule has 0 spiro atoms. The molecule has 5 nitrogen and oxygen atoms in total. The Hall–Kier alpha value is -5.86. The number of H-pyrrole nitrogens is 1. The first-order chi connectivity index (χ1) is 25.7. The van der Waals surface area contributed by atoms with E-state index in [0.29, 0.717) is 23.0 Å². The molecule has 1 N–H and O–H groups in total. The van der Waals surface area contributed by atoms with E-state index in [9.17, 15) is 5.11 Å². The van der Waals surface area contributed by atoms with Crippen molar-refractivity contribution in [2.24, 2.45) is 0 Å². The van der Waals surface area contributed by atoms with Gasteiger partial charge in [0, 0.05) is 33.6 Å². The summed E-state index contributed by atoms with van der Waals surface area (Å²) in [5.41, 5.74) is 15.6. The number of rotatable bonds is 4. The number of hydrogen-bond donors (Lipinski definition) is 0. The minimum Gasteiger partial charge on any atom is -0.868 e. The number of fused-ring (bicyclic) bond motifs is 7. The molecule has 2 heterocycles. The predicted molar refractivity (Wildman–Crippen MR) is 210 cm³/mol. The minimum atomic E-state index is -0.240. The van der Waals surface area contributed by atoms with Crippen LogP contribution in [-0.4, -0.2) is 15.0 Å². The molecule has 2 aromatic heterocycles. The predicted octanol–water partition coefficient (Wildman–Crippen LogP) is 7.20. The van der Waals surface area contributed by atoms with Gasteiger partial charge in [-0.05, 0) is 91.7 Å². The zero-order valence-electron chi connectivity index (χ0n) is 31.0. The van der Waals surface area contributed by atoms with Crippen molar-refractivity contribution in [3.05, 3.63) is 162 Å². The zero-order valence-corrected chi connectivity index (χ0v) is 31.0. The summed E-state index contributed by atoms with van der Waals surface area (Å²) in [6, 6.07) is 46.3. The van der Waals surface area contributed by atoms with Crippen molar-refractivity contribution in [2.45, 2.75) is 38.5 Å². The summed E-state index contributed by atoms with van der Waals surface area (Å²) in [5.74, 6) is 1.99. The molecule has 6 heteroatoms. The number of nitrogens with zero attached hydrogens (tertiary/aromatic N) is 3. The van der Waals surface area contributed by atoms with Crippen molar-refractivity contribution in [1.82, 2.24) is 15.0 Å². The molecule has 10 rings (SSSR count). The fourth-order valence-corrected chi connectivity index (χ4v) is 8.66. The summed E-state index contributed by atoms with van der Waals surface area (Å²) in [5, 5.41) is 13.6. The Kier molecular flexibility index (Phi) is 7.76. The topological polar surface area (TPSA) is 75.9 Å².